The van der Waals surface area contributed by atoms with Crippen LogP contribution in [0, 0.1) is 6.92 Å². The van der Waals surface area contributed by atoms with E-state index in [4.69, 9.17) is 4.42 Å². The van der Waals surface area contributed by atoms with Gasteiger partial charge in [-0.2, -0.15) is 0 Å². The molecule has 3 rings (SSSR count). The molecule has 27 heavy (non-hydrogen) atoms. The van der Waals surface area contributed by atoms with Crippen LogP contribution < -0.4 is 10.6 Å². The molecule has 0 saturated carbocycles. The van der Waals surface area contributed by atoms with E-state index in [1.165, 1.54) is 11.8 Å². The van der Waals surface area contributed by atoms with Crippen LogP contribution >= 0.6 is 0 Å². The molecule has 1 unspecified atom stereocenters. The zero-order valence-corrected chi connectivity index (χ0v) is 15.4. The Morgan fingerprint density at radius 2 is 1.78 bits per heavy atom. The molecule has 0 saturated heterocycles. The Balaban J connectivity index is 1.66. The molecule has 2 N–H and O–H groups in total. The van der Waals surface area contributed by atoms with Crippen molar-refractivity contribution in [2.24, 2.45) is 0 Å². The Morgan fingerprint density at radius 1 is 1.00 bits per heavy atom. The SMILES string of the molecule is Cc1ccc(C(=O)NCC(C)c2ccccc2)cc1NC(=O)c1ccco1. The highest BCUT2D eigenvalue weighted by Crippen LogP contribution is 2.19. The average molecular weight is 362 g/mol. The predicted octanol–water partition coefficient (Wildman–Crippen LogP) is 4.37. The van der Waals surface area contributed by atoms with Gasteiger partial charge in [-0.15, -0.1) is 0 Å². The Morgan fingerprint density at radius 3 is 2.48 bits per heavy atom. The summed E-state index contributed by atoms with van der Waals surface area (Å²) in [5, 5.41) is 5.74. The van der Waals surface area contributed by atoms with Crippen molar-refractivity contribution in [3.05, 3.63) is 89.4 Å². The smallest absolute Gasteiger partial charge is 0.291 e. The third-order valence-electron chi connectivity index (χ3n) is 4.43. The maximum Gasteiger partial charge on any atom is 0.291 e. The lowest BCUT2D eigenvalue weighted by Crippen LogP contribution is -2.27. The second-order valence-electron chi connectivity index (χ2n) is 6.48. The summed E-state index contributed by atoms with van der Waals surface area (Å²) in [4.78, 5) is 24.7. The van der Waals surface area contributed by atoms with Crippen molar-refractivity contribution < 1.29 is 14.0 Å². The minimum atomic E-state index is -0.349. The summed E-state index contributed by atoms with van der Waals surface area (Å²) in [5.41, 5.74) is 3.12. The second-order valence-corrected chi connectivity index (χ2v) is 6.48. The highest BCUT2D eigenvalue weighted by atomic mass is 16.3. The van der Waals surface area contributed by atoms with Crippen molar-refractivity contribution >= 4 is 17.5 Å². The van der Waals surface area contributed by atoms with Crippen LogP contribution in [0.5, 0.6) is 0 Å². The Labute approximate surface area is 158 Å². The number of furan rings is 1. The van der Waals surface area contributed by atoms with Gasteiger partial charge in [-0.05, 0) is 48.2 Å². The predicted molar refractivity (Wildman–Crippen MR) is 105 cm³/mol. The van der Waals surface area contributed by atoms with Crippen LogP contribution in [-0.4, -0.2) is 18.4 Å². The molecule has 5 heteroatoms. The van der Waals surface area contributed by atoms with Gasteiger partial charge in [0.15, 0.2) is 5.76 Å². The van der Waals surface area contributed by atoms with Gasteiger partial charge >= 0.3 is 0 Å². The summed E-state index contributed by atoms with van der Waals surface area (Å²) in [7, 11) is 0. The third-order valence-corrected chi connectivity index (χ3v) is 4.43. The van der Waals surface area contributed by atoms with Crippen LogP contribution in [0.1, 0.15) is 44.9 Å². The number of carbonyl (C=O) groups excluding carboxylic acids is 2. The molecule has 0 aliphatic heterocycles. The Hall–Kier alpha value is -3.34. The monoisotopic (exact) mass is 362 g/mol. The van der Waals surface area contributed by atoms with E-state index in [2.05, 4.69) is 17.6 Å². The summed E-state index contributed by atoms with van der Waals surface area (Å²) in [6.07, 6.45) is 1.44. The van der Waals surface area contributed by atoms with Crippen LogP contribution in [0.25, 0.3) is 0 Å². The van der Waals surface area contributed by atoms with Crippen LogP contribution in [0.15, 0.2) is 71.3 Å². The molecule has 5 nitrogen and oxygen atoms in total. The molecular weight excluding hydrogens is 340 g/mol. The fourth-order valence-electron chi connectivity index (χ4n) is 2.74. The van der Waals surface area contributed by atoms with Gasteiger partial charge in [-0.25, -0.2) is 0 Å². The molecule has 0 fully saturated rings. The maximum absolute atomic E-state index is 12.5. The Bertz CT molecular complexity index is 918. The first kappa shape index (κ1) is 18.5. The largest absolute Gasteiger partial charge is 0.459 e. The van der Waals surface area contributed by atoms with Gasteiger partial charge in [0, 0.05) is 17.8 Å². The van der Waals surface area contributed by atoms with Crippen LogP contribution in [0.3, 0.4) is 0 Å². The summed E-state index contributed by atoms with van der Waals surface area (Å²) in [5.74, 6) is -0.0932. The lowest BCUT2D eigenvalue weighted by Gasteiger charge is -2.14. The van der Waals surface area contributed by atoms with E-state index in [0.29, 0.717) is 17.8 Å². The molecule has 2 amide bonds. The molecule has 1 heterocycles. The zero-order valence-electron chi connectivity index (χ0n) is 15.4. The molecule has 1 atom stereocenters. The van der Waals surface area contributed by atoms with Gasteiger partial charge in [-0.1, -0.05) is 43.3 Å². The number of nitrogens with one attached hydrogen (secondary N) is 2. The van der Waals surface area contributed by atoms with E-state index < -0.39 is 0 Å². The molecule has 3 aromatic rings. The van der Waals surface area contributed by atoms with E-state index in [0.717, 1.165) is 5.56 Å². The molecule has 0 radical (unpaired) electrons. The fraction of sp³-hybridized carbons (Fsp3) is 0.182. The summed E-state index contributed by atoms with van der Waals surface area (Å²) < 4.78 is 5.10. The molecule has 0 bridgehead atoms. The number of amides is 2. The lowest BCUT2D eigenvalue weighted by molar-refractivity contribution is 0.0949. The maximum atomic E-state index is 12.5. The van der Waals surface area contributed by atoms with Gasteiger partial charge in [0.1, 0.15) is 0 Å². The number of anilines is 1. The minimum absolute atomic E-state index is 0.175. The highest BCUT2D eigenvalue weighted by molar-refractivity contribution is 6.03. The van der Waals surface area contributed by atoms with Gasteiger partial charge in [0.25, 0.3) is 11.8 Å². The first-order valence-corrected chi connectivity index (χ1v) is 8.83. The van der Waals surface area contributed by atoms with Crippen LogP contribution in [-0.2, 0) is 0 Å². The van der Waals surface area contributed by atoms with E-state index in [1.807, 2.05) is 43.3 Å². The number of carbonyl (C=O) groups is 2. The first-order valence-electron chi connectivity index (χ1n) is 8.83. The van der Waals surface area contributed by atoms with Crippen molar-refractivity contribution in [2.45, 2.75) is 19.8 Å². The molecule has 1 aromatic heterocycles. The van der Waals surface area contributed by atoms with Crippen LogP contribution in [0.2, 0.25) is 0 Å². The molecule has 0 aliphatic rings. The van der Waals surface area contributed by atoms with Crippen molar-refractivity contribution in [3.63, 3.8) is 0 Å². The second kappa shape index (κ2) is 8.36. The average Bonchev–Trinajstić information content (AvgIpc) is 3.23. The number of rotatable bonds is 6. The normalized spacial score (nSPS) is 11.6. The molecular formula is C22H22N2O3. The van der Waals surface area contributed by atoms with E-state index >= 15 is 0 Å². The van der Waals surface area contributed by atoms with Gasteiger partial charge in [-0.3, -0.25) is 9.59 Å². The van der Waals surface area contributed by atoms with E-state index in [1.54, 1.807) is 24.3 Å². The summed E-state index contributed by atoms with van der Waals surface area (Å²) in [6, 6.07) is 18.5. The van der Waals surface area contributed by atoms with E-state index in [9.17, 15) is 9.59 Å². The number of benzene rings is 2. The quantitative estimate of drug-likeness (QED) is 0.684. The molecule has 2 aromatic carbocycles. The third kappa shape index (κ3) is 4.64. The highest BCUT2D eigenvalue weighted by Gasteiger charge is 2.14. The first-order chi connectivity index (χ1) is 13.0. The minimum Gasteiger partial charge on any atom is -0.459 e. The topological polar surface area (TPSA) is 71.3 Å². The number of hydrogen-bond acceptors (Lipinski definition) is 3. The van der Waals surface area contributed by atoms with Crippen molar-refractivity contribution in [1.29, 1.82) is 0 Å². The molecule has 0 aliphatic carbocycles. The standard InChI is InChI=1S/C22H22N2O3/c1-15-10-11-18(13-19(15)24-22(26)20-9-6-12-27-20)21(25)23-14-16(2)17-7-4-3-5-8-17/h3-13,16H,14H2,1-2H3,(H,23,25)(H,24,26). The van der Waals surface area contributed by atoms with E-state index in [-0.39, 0.29) is 23.5 Å². The van der Waals surface area contributed by atoms with Gasteiger partial charge < -0.3 is 15.1 Å². The number of hydrogen-bond donors (Lipinski definition) is 2. The Kier molecular flexibility index (Phi) is 5.71. The fourth-order valence-corrected chi connectivity index (χ4v) is 2.74. The van der Waals surface area contributed by atoms with Crippen molar-refractivity contribution in [2.75, 3.05) is 11.9 Å². The van der Waals surface area contributed by atoms with Gasteiger partial charge in [0.05, 0.1) is 6.26 Å². The molecule has 0 spiro atoms. The number of aryl methyl sites for hydroxylation is 1. The summed E-state index contributed by atoms with van der Waals surface area (Å²) in [6.45, 7) is 4.47. The zero-order chi connectivity index (χ0) is 19.2. The molecule has 138 valence electrons. The van der Waals surface area contributed by atoms with Crippen LogP contribution in [0.4, 0.5) is 5.69 Å². The summed E-state index contributed by atoms with van der Waals surface area (Å²) >= 11 is 0. The van der Waals surface area contributed by atoms with Crippen molar-refractivity contribution in [3.8, 4) is 0 Å². The lowest BCUT2D eigenvalue weighted by atomic mass is 10.0. The van der Waals surface area contributed by atoms with Crippen molar-refractivity contribution in [1.82, 2.24) is 5.32 Å². The van der Waals surface area contributed by atoms with Gasteiger partial charge in [0.2, 0.25) is 0 Å².